The molecule has 0 saturated carbocycles. The number of carbonyl (C=O) groups is 5. The lowest BCUT2D eigenvalue weighted by Crippen LogP contribution is -2.57. The first-order chi connectivity index (χ1) is 24.7. The van der Waals surface area contributed by atoms with Gasteiger partial charge in [-0.15, -0.1) is 0 Å². The van der Waals surface area contributed by atoms with Crippen LogP contribution in [0.2, 0.25) is 0 Å². The lowest BCUT2D eigenvalue weighted by molar-refractivity contribution is -0.148. The van der Waals surface area contributed by atoms with E-state index in [0.717, 1.165) is 18.2 Å². The third-order valence-electron chi connectivity index (χ3n) is 7.33. The molecule has 0 aliphatic heterocycles. The van der Waals surface area contributed by atoms with Crippen molar-refractivity contribution in [3.8, 4) is 5.75 Å². The molecule has 4 amide bonds. The quantitative estimate of drug-likeness (QED) is 0.122. The topological polar surface area (TPSA) is 191 Å². The molecule has 52 heavy (non-hydrogen) atoms. The molecule has 4 atom stereocenters. The number of aliphatic hydroxyl groups is 1. The van der Waals surface area contributed by atoms with Crippen molar-refractivity contribution in [1.29, 1.82) is 0 Å². The summed E-state index contributed by atoms with van der Waals surface area (Å²) in [4.78, 5) is 64.6. The van der Waals surface area contributed by atoms with Gasteiger partial charge in [0.25, 0.3) is 0 Å². The molecule has 0 bridgehead atoms. The van der Waals surface area contributed by atoms with Crippen LogP contribution in [0.1, 0.15) is 44.4 Å². The molecular formula is C38H48N4O10. The largest absolute Gasteiger partial charge is 0.489 e. The summed E-state index contributed by atoms with van der Waals surface area (Å²) in [7, 11) is 1.11. The van der Waals surface area contributed by atoms with Crippen LogP contribution in [0.15, 0.2) is 84.9 Å². The summed E-state index contributed by atoms with van der Waals surface area (Å²) in [5, 5.41) is 19.9. The van der Waals surface area contributed by atoms with Gasteiger partial charge in [-0.05, 0) is 56.5 Å². The number of hydrogen-bond acceptors (Lipinski definition) is 10. The number of amides is 4. The van der Waals surface area contributed by atoms with Gasteiger partial charge in [-0.25, -0.2) is 9.59 Å². The molecule has 0 spiro atoms. The number of aliphatic hydroxyl groups excluding tert-OH is 1. The van der Waals surface area contributed by atoms with E-state index in [0.29, 0.717) is 17.9 Å². The number of esters is 1. The highest BCUT2D eigenvalue weighted by atomic mass is 16.6. The third-order valence-corrected chi connectivity index (χ3v) is 7.33. The van der Waals surface area contributed by atoms with Crippen molar-refractivity contribution in [2.45, 2.75) is 77.2 Å². The van der Waals surface area contributed by atoms with Gasteiger partial charge in [0.05, 0.1) is 33.0 Å². The van der Waals surface area contributed by atoms with E-state index >= 15 is 0 Å². The van der Waals surface area contributed by atoms with Crippen LogP contribution in [-0.4, -0.2) is 85.0 Å². The monoisotopic (exact) mass is 720 g/mol. The van der Waals surface area contributed by atoms with Crippen LogP contribution in [0.3, 0.4) is 0 Å². The van der Waals surface area contributed by atoms with E-state index in [2.05, 4.69) is 26.0 Å². The molecule has 0 radical (unpaired) electrons. The maximum atomic E-state index is 13.7. The fourth-order valence-corrected chi connectivity index (χ4v) is 4.70. The molecule has 14 heteroatoms. The molecule has 0 saturated heterocycles. The predicted octanol–water partition coefficient (Wildman–Crippen LogP) is 2.56. The van der Waals surface area contributed by atoms with Gasteiger partial charge in [0.15, 0.2) is 6.04 Å². The molecule has 0 aliphatic carbocycles. The van der Waals surface area contributed by atoms with Crippen LogP contribution >= 0.6 is 0 Å². The number of nitrogens with one attached hydrogen (secondary N) is 4. The van der Waals surface area contributed by atoms with E-state index in [-0.39, 0.29) is 19.6 Å². The lowest BCUT2D eigenvalue weighted by atomic mass is 10.0. The highest BCUT2D eigenvalue weighted by molar-refractivity contribution is 5.93. The van der Waals surface area contributed by atoms with Crippen LogP contribution < -0.4 is 26.0 Å². The summed E-state index contributed by atoms with van der Waals surface area (Å²) in [6.45, 7) is 6.00. The molecule has 0 aromatic heterocycles. The molecule has 3 aromatic rings. The van der Waals surface area contributed by atoms with Crippen molar-refractivity contribution < 1.29 is 48.0 Å². The van der Waals surface area contributed by atoms with Gasteiger partial charge >= 0.3 is 12.1 Å². The first-order valence-corrected chi connectivity index (χ1v) is 16.7. The van der Waals surface area contributed by atoms with E-state index < -0.39 is 66.2 Å². The van der Waals surface area contributed by atoms with Gasteiger partial charge in [-0.3, -0.25) is 14.4 Å². The number of benzene rings is 3. The maximum Gasteiger partial charge on any atom is 0.408 e. The molecule has 0 fully saturated rings. The summed E-state index contributed by atoms with van der Waals surface area (Å²) in [5.41, 5.74) is 1.63. The first kappa shape index (κ1) is 41.0. The fourth-order valence-electron chi connectivity index (χ4n) is 4.70. The minimum atomic E-state index is -1.36. The number of alkyl carbamates (subject to hydrolysis) is 1. The van der Waals surface area contributed by atoms with Crippen molar-refractivity contribution in [1.82, 2.24) is 21.3 Å². The van der Waals surface area contributed by atoms with Crippen LogP contribution in [0.25, 0.3) is 0 Å². The zero-order valence-electron chi connectivity index (χ0n) is 30.0. The van der Waals surface area contributed by atoms with E-state index in [9.17, 15) is 29.1 Å². The smallest absolute Gasteiger partial charge is 0.408 e. The van der Waals surface area contributed by atoms with Crippen molar-refractivity contribution in [3.63, 3.8) is 0 Å². The average molecular weight is 721 g/mol. The molecule has 0 aliphatic rings. The number of ether oxygens (including phenoxy) is 4. The van der Waals surface area contributed by atoms with E-state index in [1.807, 2.05) is 60.7 Å². The van der Waals surface area contributed by atoms with Gasteiger partial charge in [0, 0.05) is 6.42 Å². The Morgan fingerprint density at radius 1 is 0.731 bits per heavy atom. The van der Waals surface area contributed by atoms with Gasteiger partial charge < -0.3 is 45.3 Å². The van der Waals surface area contributed by atoms with Gasteiger partial charge in [-0.1, -0.05) is 72.8 Å². The number of hydrogen-bond donors (Lipinski definition) is 5. The second-order valence-corrected chi connectivity index (χ2v) is 12.9. The van der Waals surface area contributed by atoms with Gasteiger partial charge in [0.2, 0.25) is 17.7 Å². The van der Waals surface area contributed by atoms with Crippen molar-refractivity contribution >= 4 is 29.8 Å². The molecule has 3 rings (SSSR count). The minimum Gasteiger partial charge on any atom is -0.489 e. The second kappa shape index (κ2) is 20.4. The zero-order chi connectivity index (χ0) is 38.1. The van der Waals surface area contributed by atoms with Crippen LogP contribution in [0.5, 0.6) is 5.75 Å². The highest BCUT2D eigenvalue weighted by Crippen LogP contribution is 2.16. The van der Waals surface area contributed by atoms with Crippen LogP contribution in [-0.2, 0) is 53.0 Å². The number of carbonyl (C=O) groups excluding carboxylic acids is 5. The highest BCUT2D eigenvalue weighted by Gasteiger charge is 2.30. The standard InChI is InChI=1S/C38H48N4O10/c1-25(43)33(36(47)49-5)42-32(44)21-39-34(45)30(20-26-16-18-29(19-17-26)51-23-28-14-10-7-11-15-28)40-35(46)31(41-37(48)52-38(2,3)4)24-50-22-27-12-8-6-9-13-27/h6-19,25,30-31,33,43H,20-24H2,1-5H3,(H,39,45)(H,40,46)(H,41,48)(H,42,44). The summed E-state index contributed by atoms with van der Waals surface area (Å²) in [5.74, 6) is -2.54. The van der Waals surface area contributed by atoms with Gasteiger partial charge in [0.1, 0.15) is 30.0 Å². The van der Waals surface area contributed by atoms with E-state index in [1.165, 1.54) is 6.92 Å². The molecular weight excluding hydrogens is 672 g/mol. The SMILES string of the molecule is COC(=O)C(NC(=O)CNC(=O)C(Cc1ccc(OCc2ccccc2)cc1)NC(=O)C(COCc1ccccc1)NC(=O)OC(C)(C)C)C(C)O. The Hall–Kier alpha value is -5.47. The molecule has 5 N–H and O–H groups in total. The van der Waals surface area contributed by atoms with E-state index in [1.54, 1.807) is 45.0 Å². The Morgan fingerprint density at radius 3 is 1.88 bits per heavy atom. The Balaban J connectivity index is 1.77. The Bertz CT molecular complexity index is 1600. The molecule has 0 heterocycles. The number of rotatable bonds is 18. The van der Waals surface area contributed by atoms with Crippen LogP contribution in [0.4, 0.5) is 4.79 Å². The normalized spacial score (nSPS) is 13.3. The average Bonchev–Trinajstić information content (AvgIpc) is 3.11. The van der Waals surface area contributed by atoms with E-state index in [4.69, 9.17) is 14.2 Å². The Kier molecular flexibility index (Phi) is 16.1. The second-order valence-electron chi connectivity index (χ2n) is 12.9. The fraction of sp³-hybridized carbons (Fsp3) is 0.395. The van der Waals surface area contributed by atoms with Crippen molar-refractivity contribution in [3.05, 3.63) is 102 Å². The molecule has 3 aromatic carbocycles. The maximum absolute atomic E-state index is 13.7. The van der Waals surface area contributed by atoms with Crippen LogP contribution in [0, 0.1) is 0 Å². The van der Waals surface area contributed by atoms with Gasteiger partial charge in [-0.2, -0.15) is 0 Å². The van der Waals surface area contributed by atoms with Crippen molar-refractivity contribution in [2.24, 2.45) is 0 Å². The van der Waals surface area contributed by atoms with Crippen molar-refractivity contribution in [2.75, 3.05) is 20.3 Å². The Labute approximate surface area is 303 Å². The number of methoxy groups -OCH3 is 1. The zero-order valence-corrected chi connectivity index (χ0v) is 30.0. The summed E-state index contributed by atoms with van der Waals surface area (Å²) < 4.78 is 21.6. The molecule has 14 nitrogen and oxygen atoms in total. The minimum absolute atomic E-state index is 0.0132. The Morgan fingerprint density at radius 2 is 1.33 bits per heavy atom. The lowest BCUT2D eigenvalue weighted by Gasteiger charge is -2.25. The molecule has 280 valence electrons. The summed E-state index contributed by atoms with van der Waals surface area (Å²) in [6.07, 6.45) is -2.14. The molecule has 4 unspecified atom stereocenters. The summed E-state index contributed by atoms with van der Waals surface area (Å²) in [6, 6.07) is 21.9. The predicted molar refractivity (Wildman–Crippen MR) is 191 cm³/mol. The summed E-state index contributed by atoms with van der Waals surface area (Å²) >= 11 is 0. The first-order valence-electron chi connectivity index (χ1n) is 16.7. The third kappa shape index (κ3) is 14.8.